The number of carbonyl (C=O) groups is 1. The van der Waals surface area contributed by atoms with Gasteiger partial charge in [0.05, 0.1) is 0 Å². The summed E-state index contributed by atoms with van der Waals surface area (Å²) in [6, 6.07) is 11.4. The van der Waals surface area contributed by atoms with Crippen molar-refractivity contribution in [2.24, 2.45) is 0 Å². The molecule has 2 aliphatic rings. The highest BCUT2D eigenvalue weighted by Crippen LogP contribution is 2.34. The van der Waals surface area contributed by atoms with Gasteiger partial charge in [-0.3, -0.25) is 9.78 Å². The van der Waals surface area contributed by atoms with Crippen LogP contribution in [0.3, 0.4) is 0 Å². The Labute approximate surface area is 130 Å². The van der Waals surface area contributed by atoms with Crippen LogP contribution in [-0.2, 0) is 0 Å². The van der Waals surface area contributed by atoms with E-state index >= 15 is 0 Å². The molecule has 1 amide bonds. The average Bonchev–Trinajstić information content (AvgIpc) is 2.75. The molecule has 4 nitrogen and oxygen atoms in total. The van der Waals surface area contributed by atoms with Crippen molar-refractivity contribution in [2.75, 3.05) is 7.05 Å². The molecule has 1 aromatic heterocycles. The van der Waals surface area contributed by atoms with Gasteiger partial charge in [-0.05, 0) is 44.2 Å². The van der Waals surface area contributed by atoms with Crippen molar-refractivity contribution < 1.29 is 4.79 Å². The second-order valence-electron chi connectivity index (χ2n) is 6.61. The van der Waals surface area contributed by atoms with Crippen LogP contribution in [0, 0.1) is 0 Å². The fourth-order valence-electron chi connectivity index (χ4n) is 4.00. The Morgan fingerprint density at radius 1 is 1.18 bits per heavy atom. The molecule has 0 aliphatic carbocycles. The molecule has 4 rings (SSSR count). The van der Waals surface area contributed by atoms with Gasteiger partial charge in [0, 0.05) is 29.7 Å². The number of fused-ring (bicyclic) bond motifs is 3. The van der Waals surface area contributed by atoms with Gasteiger partial charge >= 0.3 is 0 Å². The molecule has 114 valence electrons. The van der Waals surface area contributed by atoms with Crippen LogP contribution in [0.1, 0.15) is 36.2 Å². The van der Waals surface area contributed by atoms with Crippen LogP contribution in [0.5, 0.6) is 0 Å². The summed E-state index contributed by atoms with van der Waals surface area (Å²) in [5.74, 6) is -0.0419. The van der Waals surface area contributed by atoms with E-state index in [-0.39, 0.29) is 11.9 Å². The Kier molecular flexibility index (Phi) is 3.34. The number of benzene rings is 1. The normalized spacial score (nSPS) is 28.0. The summed E-state index contributed by atoms with van der Waals surface area (Å²) >= 11 is 0. The molecule has 22 heavy (non-hydrogen) atoms. The summed E-state index contributed by atoms with van der Waals surface area (Å²) in [5.41, 5.74) is 0.518. The molecule has 1 aromatic carbocycles. The Hall–Kier alpha value is -1.94. The first-order valence-electron chi connectivity index (χ1n) is 8.08. The van der Waals surface area contributed by atoms with Crippen molar-refractivity contribution >= 4 is 16.7 Å². The summed E-state index contributed by atoms with van der Waals surface area (Å²) in [4.78, 5) is 19.3. The highest BCUT2D eigenvalue weighted by Gasteiger charge is 2.38. The van der Waals surface area contributed by atoms with Gasteiger partial charge in [-0.1, -0.05) is 24.3 Å². The van der Waals surface area contributed by atoms with Gasteiger partial charge in [0.1, 0.15) is 5.69 Å². The third kappa shape index (κ3) is 2.37. The van der Waals surface area contributed by atoms with Crippen LogP contribution >= 0.6 is 0 Å². The van der Waals surface area contributed by atoms with E-state index in [0.717, 1.165) is 23.6 Å². The van der Waals surface area contributed by atoms with Gasteiger partial charge in [-0.2, -0.15) is 0 Å². The van der Waals surface area contributed by atoms with E-state index < -0.39 is 0 Å². The van der Waals surface area contributed by atoms with Crippen molar-refractivity contribution in [1.82, 2.24) is 15.2 Å². The number of nitrogens with zero attached hydrogens (tertiary/aromatic N) is 2. The molecular formula is C18H21N3O. The van der Waals surface area contributed by atoms with Gasteiger partial charge in [0.2, 0.25) is 0 Å². The van der Waals surface area contributed by atoms with Gasteiger partial charge in [-0.25, -0.2) is 0 Å². The Morgan fingerprint density at radius 2 is 1.86 bits per heavy atom. The molecule has 3 heterocycles. The van der Waals surface area contributed by atoms with E-state index in [0.29, 0.717) is 17.8 Å². The molecule has 2 bridgehead atoms. The lowest BCUT2D eigenvalue weighted by atomic mass is 9.98. The molecule has 0 saturated carbocycles. The molecule has 2 unspecified atom stereocenters. The van der Waals surface area contributed by atoms with Crippen LogP contribution in [0.4, 0.5) is 0 Å². The zero-order valence-corrected chi connectivity index (χ0v) is 12.8. The number of amides is 1. The summed E-state index contributed by atoms with van der Waals surface area (Å²) < 4.78 is 0. The van der Waals surface area contributed by atoms with E-state index in [9.17, 15) is 4.79 Å². The zero-order valence-electron chi connectivity index (χ0n) is 12.8. The number of hydrogen-bond acceptors (Lipinski definition) is 3. The smallest absolute Gasteiger partial charge is 0.270 e. The first kappa shape index (κ1) is 13.7. The molecule has 2 aliphatic heterocycles. The summed E-state index contributed by atoms with van der Waals surface area (Å²) in [7, 11) is 2.21. The lowest BCUT2D eigenvalue weighted by molar-refractivity contribution is 0.0878. The fraction of sp³-hybridized carbons (Fsp3) is 0.444. The topological polar surface area (TPSA) is 45.2 Å². The molecule has 4 heteroatoms. The van der Waals surface area contributed by atoms with Crippen LogP contribution in [0.15, 0.2) is 36.5 Å². The SMILES string of the molecule is CN1C2CCC1CC(NC(=O)c1cc3ccccc3cn1)C2. The third-order valence-electron chi connectivity index (χ3n) is 5.30. The number of rotatable bonds is 2. The molecule has 0 spiro atoms. The Morgan fingerprint density at radius 3 is 2.59 bits per heavy atom. The minimum absolute atomic E-state index is 0.0419. The highest BCUT2D eigenvalue weighted by molar-refractivity contribution is 5.96. The molecule has 2 fully saturated rings. The number of hydrogen-bond donors (Lipinski definition) is 1. The number of carbonyl (C=O) groups excluding carboxylic acids is 1. The second kappa shape index (κ2) is 5.36. The van der Waals surface area contributed by atoms with Crippen LogP contribution < -0.4 is 5.32 Å². The number of piperidine rings is 1. The van der Waals surface area contributed by atoms with E-state index in [1.165, 1.54) is 12.8 Å². The minimum atomic E-state index is -0.0419. The Balaban J connectivity index is 1.49. The molecule has 2 aromatic rings. The second-order valence-corrected chi connectivity index (χ2v) is 6.61. The monoisotopic (exact) mass is 295 g/mol. The number of pyridine rings is 1. The molecular weight excluding hydrogens is 274 g/mol. The Bertz CT molecular complexity index is 700. The highest BCUT2D eigenvalue weighted by atomic mass is 16.1. The molecule has 1 N–H and O–H groups in total. The van der Waals surface area contributed by atoms with E-state index in [1.807, 2.05) is 30.3 Å². The first-order chi connectivity index (χ1) is 10.7. The maximum Gasteiger partial charge on any atom is 0.270 e. The number of aromatic nitrogens is 1. The van der Waals surface area contributed by atoms with E-state index in [4.69, 9.17) is 0 Å². The van der Waals surface area contributed by atoms with Crippen LogP contribution in [-0.4, -0.2) is 41.0 Å². The third-order valence-corrected chi connectivity index (χ3v) is 5.30. The van der Waals surface area contributed by atoms with Gasteiger partial charge in [0.15, 0.2) is 0 Å². The summed E-state index contributed by atoms with van der Waals surface area (Å²) in [6.07, 6.45) is 6.44. The van der Waals surface area contributed by atoms with Gasteiger partial charge in [0.25, 0.3) is 5.91 Å². The van der Waals surface area contributed by atoms with Gasteiger partial charge in [-0.15, -0.1) is 0 Å². The lowest BCUT2D eigenvalue weighted by Crippen LogP contribution is -2.48. The number of nitrogens with one attached hydrogen (secondary N) is 1. The van der Waals surface area contributed by atoms with Crippen molar-refractivity contribution in [3.63, 3.8) is 0 Å². The predicted molar refractivity (Wildman–Crippen MR) is 86.8 cm³/mol. The molecule has 2 atom stereocenters. The van der Waals surface area contributed by atoms with Gasteiger partial charge < -0.3 is 10.2 Å². The quantitative estimate of drug-likeness (QED) is 0.926. The maximum atomic E-state index is 12.5. The lowest BCUT2D eigenvalue weighted by Gasteiger charge is -2.36. The van der Waals surface area contributed by atoms with Crippen molar-refractivity contribution in [1.29, 1.82) is 0 Å². The molecule has 2 saturated heterocycles. The largest absolute Gasteiger partial charge is 0.348 e. The zero-order chi connectivity index (χ0) is 15.1. The summed E-state index contributed by atoms with van der Waals surface area (Å²) in [5, 5.41) is 5.32. The van der Waals surface area contributed by atoms with Crippen molar-refractivity contribution in [3.8, 4) is 0 Å². The minimum Gasteiger partial charge on any atom is -0.348 e. The summed E-state index contributed by atoms with van der Waals surface area (Å²) in [6.45, 7) is 0. The van der Waals surface area contributed by atoms with E-state index in [2.05, 4.69) is 22.2 Å². The standard InChI is InChI=1S/C18H21N3O/c1-21-15-6-7-16(21)10-14(9-15)20-18(22)17-8-12-4-2-3-5-13(12)11-19-17/h2-5,8,11,14-16H,6-7,9-10H2,1H3,(H,20,22). The fourth-order valence-corrected chi connectivity index (χ4v) is 4.00. The van der Waals surface area contributed by atoms with E-state index in [1.54, 1.807) is 6.20 Å². The average molecular weight is 295 g/mol. The van der Waals surface area contributed by atoms with Crippen LogP contribution in [0.25, 0.3) is 10.8 Å². The maximum absolute atomic E-state index is 12.5. The first-order valence-corrected chi connectivity index (χ1v) is 8.08. The predicted octanol–water partition coefficient (Wildman–Crippen LogP) is 2.59. The molecule has 0 radical (unpaired) electrons. The van der Waals surface area contributed by atoms with Crippen molar-refractivity contribution in [2.45, 2.75) is 43.8 Å². The van der Waals surface area contributed by atoms with Crippen molar-refractivity contribution in [3.05, 3.63) is 42.2 Å². The van der Waals surface area contributed by atoms with Crippen LogP contribution in [0.2, 0.25) is 0 Å².